The van der Waals surface area contributed by atoms with Gasteiger partial charge in [-0.2, -0.15) is 0 Å². The molecule has 0 aliphatic carbocycles. The zero-order valence-corrected chi connectivity index (χ0v) is 26.8. The first-order chi connectivity index (χ1) is 18.5. The minimum absolute atomic E-state index is 0.0373. The molecular weight excluding hydrogens is 505 g/mol. The molecule has 0 spiro atoms. The van der Waals surface area contributed by atoms with Gasteiger partial charge in [-0.1, -0.05) is 163 Å². The van der Waals surface area contributed by atoms with Crippen molar-refractivity contribution in [1.82, 2.24) is 0 Å². The Morgan fingerprint density at radius 1 is 0.385 bits per heavy atom. The highest BCUT2D eigenvalue weighted by Gasteiger charge is 2.56. The lowest BCUT2D eigenvalue weighted by atomic mass is 10.2. The third-order valence-corrected chi connectivity index (χ3v) is 21.0. The third-order valence-electron chi connectivity index (χ3n) is 8.45. The molecule has 0 fully saturated rings. The molecule has 1 nitrogen and oxygen atoms in total. The van der Waals surface area contributed by atoms with E-state index in [1.807, 2.05) is 0 Å². The van der Waals surface area contributed by atoms with Crippen molar-refractivity contribution in [1.29, 1.82) is 0 Å². The number of hydrogen-bond donors (Lipinski definition) is 0. The average Bonchev–Trinajstić information content (AvgIpc) is 2.90. The molecule has 0 bridgehead atoms. The second kappa shape index (κ2) is 12.2. The fraction of sp³-hybridized carbons (Fsp3) is 0.333. The van der Waals surface area contributed by atoms with Gasteiger partial charge in [0.15, 0.2) is 16.6 Å². The summed E-state index contributed by atoms with van der Waals surface area (Å²) in [6, 6.07) is 48.4. The van der Waals surface area contributed by atoms with Crippen LogP contribution in [0, 0.1) is 0 Å². The fourth-order valence-corrected chi connectivity index (χ4v) is 18.3. The molecule has 0 N–H and O–H groups in total. The van der Waals surface area contributed by atoms with Gasteiger partial charge in [-0.3, -0.25) is 0 Å². The maximum Gasteiger partial charge on any atom is 0.193 e. The van der Waals surface area contributed by atoms with E-state index in [2.05, 4.69) is 163 Å². The predicted molar refractivity (Wildman–Crippen MR) is 173 cm³/mol. The summed E-state index contributed by atoms with van der Waals surface area (Å²) in [5, 5.41) is 0.0745. The lowest BCUT2D eigenvalue weighted by molar-refractivity contribution is 0.414. The number of benzene rings is 4. The molecule has 0 heterocycles. The topological polar surface area (TPSA) is 9.23 Å². The van der Waals surface area contributed by atoms with Gasteiger partial charge in [-0.25, -0.2) is 0 Å². The smallest absolute Gasteiger partial charge is 0.193 e. The van der Waals surface area contributed by atoms with E-state index in [0.717, 1.165) is 24.2 Å². The van der Waals surface area contributed by atoms with E-state index < -0.39 is 16.6 Å². The molecule has 0 saturated heterocycles. The molecular formula is C36H46OSi2. The Hall–Kier alpha value is -2.73. The van der Waals surface area contributed by atoms with Crippen molar-refractivity contribution in [3.05, 3.63) is 144 Å². The van der Waals surface area contributed by atoms with Crippen molar-refractivity contribution in [2.45, 2.75) is 75.8 Å². The van der Waals surface area contributed by atoms with Crippen molar-refractivity contribution in [3.8, 4) is 0 Å². The molecule has 4 rings (SSSR count). The Balaban J connectivity index is 1.92. The Kier molecular flexibility index (Phi) is 9.15. The van der Waals surface area contributed by atoms with Gasteiger partial charge in [-0.05, 0) is 56.5 Å². The summed E-state index contributed by atoms with van der Waals surface area (Å²) < 4.78 is 8.25. The van der Waals surface area contributed by atoms with Gasteiger partial charge in [0.1, 0.15) is 0 Å². The van der Waals surface area contributed by atoms with Crippen LogP contribution in [0.25, 0.3) is 0 Å². The van der Waals surface area contributed by atoms with Crippen LogP contribution in [0.5, 0.6) is 0 Å². The molecule has 39 heavy (non-hydrogen) atoms. The SMILES string of the molecule is CC(C)(C)[Si](Cc1ccccc1)(Cc1ccccc1)O[Si](Cc1ccccc1)(Cc1ccccc1)C(C)(C)C. The van der Waals surface area contributed by atoms with Gasteiger partial charge >= 0.3 is 0 Å². The molecule has 0 unspecified atom stereocenters. The highest BCUT2D eigenvalue weighted by Crippen LogP contribution is 2.49. The zero-order valence-electron chi connectivity index (χ0n) is 24.8. The highest BCUT2D eigenvalue weighted by molar-refractivity contribution is 6.88. The summed E-state index contributed by atoms with van der Waals surface area (Å²) in [6.07, 6.45) is 0. The Labute approximate surface area is 239 Å². The normalized spacial score (nSPS) is 12.9. The van der Waals surface area contributed by atoms with Crippen molar-refractivity contribution >= 4 is 16.6 Å². The molecule has 0 atom stereocenters. The molecule has 204 valence electrons. The van der Waals surface area contributed by atoms with Crippen molar-refractivity contribution in [2.75, 3.05) is 0 Å². The first-order valence-corrected chi connectivity index (χ1v) is 19.0. The van der Waals surface area contributed by atoms with E-state index in [-0.39, 0.29) is 10.1 Å². The zero-order chi connectivity index (χ0) is 28.0. The van der Waals surface area contributed by atoms with Crippen molar-refractivity contribution < 1.29 is 4.12 Å². The lowest BCUT2D eigenvalue weighted by Gasteiger charge is -2.54. The van der Waals surface area contributed by atoms with Gasteiger partial charge in [0.25, 0.3) is 0 Å². The molecule has 3 heteroatoms. The summed E-state index contributed by atoms with van der Waals surface area (Å²) in [4.78, 5) is 0. The maximum absolute atomic E-state index is 8.25. The van der Waals surface area contributed by atoms with Gasteiger partial charge < -0.3 is 4.12 Å². The lowest BCUT2D eigenvalue weighted by Crippen LogP contribution is -2.64. The van der Waals surface area contributed by atoms with Gasteiger partial charge in [0.05, 0.1) is 0 Å². The van der Waals surface area contributed by atoms with Crippen molar-refractivity contribution in [2.24, 2.45) is 0 Å². The molecule has 0 aliphatic heterocycles. The third kappa shape index (κ3) is 7.27. The Morgan fingerprint density at radius 2 is 0.590 bits per heavy atom. The minimum atomic E-state index is -2.47. The van der Waals surface area contributed by atoms with Crippen LogP contribution < -0.4 is 0 Å². The van der Waals surface area contributed by atoms with Gasteiger partial charge in [0.2, 0.25) is 0 Å². The van der Waals surface area contributed by atoms with Crippen LogP contribution in [-0.2, 0) is 28.3 Å². The van der Waals surface area contributed by atoms with E-state index in [9.17, 15) is 0 Å². The summed E-state index contributed by atoms with van der Waals surface area (Å²) in [5.41, 5.74) is 5.58. The molecule has 4 aromatic rings. The van der Waals surface area contributed by atoms with E-state index in [4.69, 9.17) is 4.12 Å². The average molecular weight is 551 g/mol. The van der Waals surface area contributed by atoms with Gasteiger partial charge in [-0.15, -0.1) is 0 Å². The first-order valence-electron chi connectivity index (χ1n) is 14.4. The standard InChI is InChI=1S/C36H46OSi2/c1-35(2,3)38(27-31-19-11-7-12-20-31,28-32-21-13-8-14-22-32)37-39(36(4,5)6,29-33-23-15-9-16-24-33)30-34-25-17-10-18-26-34/h7-26H,27-30H2,1-6H3. The van der Waals surface area contributed by atoms with Crippen molar-refractivity contribution in [3.63, 3.8) is 0 Å². The number of rotatable bonds is 10. The Morgan fingerprint density at radius 3 is 0.769 bits per heavy atom. The Bertz CT molecular complexity index is 1090. The molecule has 0 aromatic heterocycles. The first kappa shape index (κ1) is 29.3. The van der Waals surface area contributed by atoms with Crippen LogP contribution in [0.2, 0.25) is 10.1 Å². The van der Waals surface area contributed by atoms with E-state index in [0.29, 0.717) is 0 Å². The highest BCUT2D eigenvalue weighted by atomic mass is 28.4. The monoisotopic (exact) mass is 550 g/mol. The summed E-state index contributed by atoms with van der Waals surface area (Å²) in [5.74, 6) is 0. The summed E-state index contributed by atoms with van der Waals surface area (Å²) >= 11 is 0. The molecule has 0 saturated carbocycles. The molecule has 0 aliphatic rings. The largest absolute Gasteiger partial charge is 0.453 e. The van der Waals surface area contributed by atoms with E-state index >= 15 is 0 Å². The minimum Gasteiger partial charge on any atom is -0.453 e. The van der Waals surface area contributed by atoms with E-state index in [1.165, 1.54) is 22.3 Å². The van der Waals surface area contributed by atoms with Crippen LogP contribution in [0.15, 0.2) is 121 Å². The summed E-state index contributed by atoms with van der Waals surface area (Å²) in [6.45, 7) is 14.7. The van der Waals surface area contributed by atoms with Crippen LogP contribution >= 0.6 is 0 Å². The molecule has 0 radical (unpaired) electrons. The van der Waals surface area contributed by atoms with Crippen LogP contribution in [-0.4, -0.2) is 16.6 Å². The molecule has 4 aromatic carbocycles. The number of hydrogen-bond acceptors (Lipinski definition) is 1. The van der Waals surface area contributed by atoms with Gasteiger partial charge in [0, 0.05) is 0 Å². The van der Waals surface area contributed by atoms with E-state index in [1.54, 1.807) is 0 Å². The second-order valence-corrected chi connectivity index (χ2v) is 22.4. The van der Waals surface area contributed by atoms with Crippen LogP contribution in [0.3, 0.4) is 0 Å². The molecule has 0 amide bonds. The predicted octanol–water partition coefficient (Wildman–Crippen LogP) is 9.62. The van der Waals surface area contributed by atoms with Crippen LogP contribution in [0.1, 0.15) is 63.8 Å². The fourth-order valence-electron chi connectivity index (χ4n) is 5.71. The quantitative estimate of drug-likeness (QED) is 0.179. The second-order valence-electron chi connectivity index (χ2n) is 13.2. The van der Waals surface area contributed by atoms with Crippen LogP contribution in [0.4, 0.5) is 0 Å². The summed E-state index contributed by atoms with van der Waals surface area (Å²) in [7, 11) is -4.94. The maximum atomic E-state index is 8.25.